The fourth-order valence-corrected chi connectivity index (χ4v) is 2.97. The molecular formula is C17H16N2O4S. The molecule has 0 aliphatic rings. The largest absolute Gasteiger partial charge is 0.497 e. The second kappa shape index (κ2) is 7.15. The number of nitriles is 1. The van der Waals surface area contributed by atoms with Gasteiger partial charge in [-0.3, -0.25) is 4.79 Å². The number of sulfone groups is 1. The van der Waals surface area contributed by atoms with Gasteiger partial charge in [0.1, 0.15) is 5.75 Å². The van der Waals surface area contributed by atoms with Crippen LogP contribution < -0.4 is 10.1 Å². The smallest absolute Gasteiger partial charge is 0.255 e. The molecule has 1 unspecified atom stereocenters. The Morgan fingerprint density at radius 3 is 2.42 bits per heavy atom. The zero-order chi connectivity index (χ0) is 17.7. The number of carbonyl (C=O) groups is 1. The molecule has 2 aromatic rings. The van der Waals surface area contributed by atoms with Gasteiger partial charge in [-0.05, 0) is 29.8 Å². The van der Waals surface area contributed by atoms with Gasteiger partial charge >= 0.3 is 0 Å². The van der Waals surface area contributed by atoms with Crippen LogP contribution in [0.2, 0.25) is 0 Å². The van der Waals surface area contributed by atoms with E-state index in [1.54, 1.807) is 30.3 Å². The zero-order valence-electron chi connectivity index (χ0n) is 13.2. The molecule has 0 aliphatic heterocycles. The number of nitrogens with one attached hydrogen (secondary N) is 1. The molecule has 1 atom stereocenters. The molecule has 2 aromatic carbocycles. The summed E-state index contributed by atoms with van der Waals surface area (Å²) in [5.74, 6) is 0.274. The molecule has 0 aromatic heterocycles. The van der Waals surface area contributed by atoms with Crippen LogP contribution in [0.4, 0.5) is 5.69 Å². The van der Waals surface area contributed by atoms with Crippen LogP contribution in [0.5, 0.6) is 5.75 Å². The molecular weight excluding hydrogens is 328 g/mol. The summed E-state index contributed by atoms with van der Waals surface area (Å²) in [4.78, 5) is 12.2. The van der Waals surface area contributed by atoms with E-state index in [0.717, 1.165) is 6.26 Å². The molecule has 1 amide bonds. The van der Waals surface area contributed by atoms with Gasteiger partial charge in [0.25, 0.3) is 5.91 Å². The van der Waals surface area contributed by atoms with Gasteiger partial charge < -0.3 is 10.1 Å². The molecule has 0 spiro atoms. The van der Waals surface area contributed by atoms with E-state index in [4.69, 9.17) is 10.00 Å². The third kappa shape index (κ3) is 4.12. The SMILES string of the molecule is COc1cccc(NC(=O)c2ccc(C(C#N)S(C)(=O)=O)cc2)c1. The molecule has 2 rings (SSSR count). The minimum Gasteiger partial charge on any atom is -0.497 e. The van der Waals surface area contributed by atoms with Crippen molar-refractivity contribution in [1.29, 1.82) is 5.26 Å². The maximum absolute atomic E-state index is 12.2. The molecule has 0 radical (unpaired) electrons. The van der Waals surface area contributed by atoms with Crippen LogP contribution in [0.25, 0.3) is 0 Å². The highest BCUT2D eigenvalue weighted by molar-refractivity contribution is 7.91. The lowest BCUT2D eigenvalue weighted by molar-refractivity contribution is 0.102. The van der Waals surface area contributed by atoms with Crippen LogP contribution in [0.1, 0.15) is 21.2 Å². The summed E-state index contributed by atoms with van der Waals surface area (Å²) in [5.41, 5.74) is 1.26. The van der Waals surface area contributed by atoms with Gasteiger partial charge in [-0.15, -0.1) is 0 Å². The Hall–Kier alpha value is -2.85. The van der Waals surface area contributed by atoms with E-state index in [1.807, 2.05) is 0 Å². The van der Waals surface area contributed by atoms with E-state index in [1.165, 1.54) is 31.4 Å². The number of ether oxygens (including phenoxy) is 1. The van der Waals surface area contributed by atoms with Gasteiger partial charge in [0.2, 0.25) is 0 Å². The van der Waals surface area contributed by atoms with E-state index >= 15 is 0 Å². The highest BCUT2D eigenvalue weighted by atomic mass is 32.2. The molecule has 0 bridgehead atoms. The quantitative estimate of drug-likeness (QED) is 0.899. The Balaban J connectivity index is 2.18. The fraction of sp³-hybridized carbons (Fsp3) is 0.176. The summed E-state index contributed by atoms with van der Waals surface area (Å²) < 4.78 is 28.2. The first-order valence-corrected chi connectivity index (χ1v) is 8.94. The lowest BCUT2D eigenvalue weighted by Crippen LogP contribution is -2.13. The maximum Gasteiger partial charge on any atom is 0.255 e. The average Bonchev–Trinajstić information content (AvgIpc) is 2.55. The van der Waals surface area contributed by atoms with E-state index < -0.39 is 15.1 Å². The number of nitrogens with zero attached hydrogens (tertiary/aromatic N) is 1. The number of benzene rings is 2. The highest BCUT2D eigenvalue weighted by Crippen LogP contribution is 2.22. The topological polar surface area (TPSA) is 96.3 Å². The van der Waals surface area contributed by atoms with Crippen molar-refractivity contribution < 1.29 is 17.9 Å². The van der Waals surface area contributed by atoms with Gasteiger partial charge in [-0.25, -0.2) is 8.42 Å². The lowest BCUT2D eigenvalue weighted by Gasteiger charge is -2.09. The third-order valence-corrected chi connectivity index (χ3v) is 4.58. The van der Waals surface area contributed by atoms with Crippen LogP contribution >= 0.6 is 0 Å². The minimum atomic E-state index is -3.53. The van der Waals surface area contributed by atoms with Gasteiger partial charge in [-0.2, -0.15) is 5.26 Å². The van der Waals surface area contributed by atoms with E-state index in [9.17, 15) is 13.2 Å². The van der Waals surface area contributed by atoms with Gasteiger partial charge in [0.15, 0.2) is 15.1 Å². The second-order valence-corrected chi connectivity index (χ2v) is 7.28. The minimum absolute atomic E-state index is 0.331. The van der Waals surface area contributed by atoms with Crippen LogP contribution in [-0.4, -0.2) is 27.7 Å². The van der Waals surface area contributed by atoms with Gasteiger partial charge in [0, 0.05) is 23.6 Å². The number of carbonyl (C=O) groups excluding carboxylic acids is 1. The van der Waals surface area contributed by atoms with E-state index in [2.05, 4.69) is 5.32 Å². The van der Waals surface area contributed by atoms with Gasteiger partial charge in [0.05, 0.1) is 13.2 Å². The normalized spacial score (nSPS) is 12.0. The predicted octanol–water partition coefficient (Wildman–Crippen LogP) is 2.56. The van der Waals surface area contributed by atoms with Crippen molar-refractivity contribution in [1.82, 2.24) is 0 Å². The van der Waals surface area contributed by atoms with Crippen molar-refractivity contribution in [2.24, 2.45) is 0 Å². The summed E-state index contributed by atoms with van der Waals surface area (Å²) in [6.45, 7) is 0. The van der Waals surface area contributed by atoms with Crippen LogP contribution in [-0.2, 0) is 9.84 Å². The first-order valence-electron chi connectivity index (χ1n) is 6.99. The lowest BCUT2D eigenvalue weighted by atomic mass is 10.1. The Labute approximate surface area is 140 Å². The van der Waals surface area contributed by atoms with E-state index in [0.29, 0.717) is 22.6 Å². The van der Waals surface area contributed by atoms with Crippen molar-refractivity contribution >= 4 is 21.4 Å². The van der Waals surface area contributed by atoms with Crippen molar-refractivity contribution in [2.75, 3.05) is 18.7 Å². The highest BCUT2D eigenvalue weighted by Gasteiger charge is 2.22. The molecule has 124 valence electrons. The molecule has 24 heavy (non-hydrogen) atoms. The van der Waals surface area contributed by atoms with Gasteiger partial charge in [-0.1, -0.05) is 18.2 Å². The van der Waals surface area contributed by atoms with Crippen molar-refractivity contribution in [2.45, 2.75) is 5.25 Å². The molecule has 6 nitrogen and oxygen atoms in total. The first-order chi connectivity index (χ1) is 11.3. The fourth-order valence-electron chi connectivity index (χ4n) is 2.13. The number of anilines is 1. The molecule has 1 N–H and O–H groups in total. The van der Waals surface area contributed by atoms with Crippen LogP contribution in [0, 0.1) is 11.3 Å². The summed E-state index contributed by atoms with van der Waals surface area (Å²) in [5, 5.41) is 10.5. The first kappa shape index (κ1) is 17.5. The van der Waals surface area contributed by atoms with Crippen molar-refractivity contribution in [3.63, 3.8) is 0 Å². The van der Waals surface area contributed by atoms with Crippen molar-refractivity contribution in [3.8, 4) is 11.8 Å². The number of hydrogen-bond acceptors (Lipinski definition) is 5. The summed E-state index contributed by atoms with van der Waals surface area (Å²) in [6, 6.07) is 14.6. The standard InChI is InChI=1S/C17H16N2O4S/c1-23-15-5-3-4-14(10-15)19-17(20)13-8-6-12(7-9-13)16(11-18)24(2,21)22/h3-10,16H,1-2H3,(H,19,20). The van der Waals surface area contributed by atoms with Crippen LogP contribution in [0.3, 0.4) is 0 Å². The Kier molecular flexibility index (Phi) is 5.21. The molecule has 7 heteroatoms. The Morgan fingerprint density at radius 2 is 1.88 bits per heavy atom. The van der Waals surface area contributed by atoms with E-state index in [-0.39, 0.29) is 5.91 Å². The Bertz CT molecular complexity index is 884. The molecule has 0 heterocycles. The van der Waals surface area contributed by atoms with Crippen molar-refractivity contribution in [3.05, 3.63) is 59.7 Å². The maximum atomic E-state index is 12.2. The second-order valence-electron chi connectivity index (χ2n) is 5.15. The molecule has 0 saturated carbocycles. The zero-order valence-corrected chi connectivity index (χ0v) is 14.0. The number of amides is 1. The number of hydrogen-bond donors (Lipinski definition) is 1. The molecule has 0 aliphatic carbocycles. The predicted molar refractivity (Wildman–Crippen MR) is 90.6 cm³/mol. The number of rotatable bonds is 5. The summed E-state index contributed by atoms with van der Waals surface area (Å²) in [6.07, 6.45) is 1.00. The average molecular weight is 344 g/mol. The van der Waals surface area contributed by atoms with Crippen LogP contribution in [0.15, 0.2) is 48.5 Å². The third-order valence-electron chi connectivity index (χ3n) is 3.35. The summed E-state index contributed by atoms with van der Waals surface area (Å²) >= 11 is 0. The number of methoxy groups -OCH3 is 1. The molecule has 0 fully saturated rings. The monoisotopic (exact) mass is 344 g/mol. The molecule has 0 saturated heterocycles. The summed E-state index contributed by atoms with van der Waals surface area (Å²) in [7, 11) is -2.00. The Morgan fingerprint density at radius 1 is 1.21 bits per heavy atom.